The van der Waals surface area contributed by atoms with Gasteiger partial charge in [0, 0.05) is 17.3 Å². The van der Waals surface area contributed by atoms with E-state index in [1.807, 2.05) is 24.3 Å². The summed E-state index contributed by atoms with van der Waals surface area (Å²) in [7, 11) is -3.78. The Kier molecular flexibility index (Phi) is 4.10. The molecule has 0 aliphatic rings. The highest BCUT2D eigenvalue weighted by molar-refractivity contribution is 7.91. The summed E-state index contributed by atoms with van der Waals surface area (Å²) in [4.78, 5) is 0.245. The van der Waals surface area contributed by atoms with Crippen molar-refractivity contribution >= 4 is 31.5 Å². The number of aromatic amines is 1. The third-order valence-electron chi connectivity index (χ3n) is 4.20. The Bertz CT molecular complexity index is 1190. The Balaban J connectivity index is 1.91. The van der Waals surface area contributed by atoms with Crippen molar-refractivity contribution in [1.82, 2.24) is 10.2 Å². The number of fused-ring (bicyclic) bond motifs is 2. The van der Waals surface area contributed by atoms with Crippen molar-refractivity contribution in [2.45, 2.75) is 9.92 Å². The lowest BCUT2D eigenvalue weighted by Crippen LogP contribution is -2.10. The molecule has 0 radical (unpaired) electrons. The zero-order chi connectivity index (χ0) is 18.1. The minimum absolute atomic E-state index is 0.0575. The summed E-state index contributed by atoms with van der Waals surface area (Å²) in [6.45, 7) is 0.694. The molecule has 1 heterocycles. The molecule has 1 aromatic heterocycles. The fraction of sp³-hybridized carbons (Fsp3) is 0.105. The molecule has 7 heteroatoms. The summed E-state index contributed by atoms with van der Waals surface area (Å²) in [5.41, 5.74) is 5.95. The molecule has 132 valence electrons. The standard InChI is InChI=1S/C19H17N3O3S/c20-11-12-25-16-9-4-8-15-18(16)21-22-19(15)26(23,24)17-10-3-6-13-5-1-2-7-14(13)17/h1-10H,11-12,20H2,(H,21,22). The molecule has 0 atom stereocenters. The number of nitrogens with one attached hydrogen (secondary N) is 1. The minimum Gasteiger partial charge on any atom is -0.490 e. The second kappa shape index (κ2) is 6.44. The van der Waals surface area contributed by atoms with E-state index in [-0.39, 0.29) is 9.92 Å². The molecule has 0 bridgehead atoms. The van der Waals surface area contributed by atoms with Gasteiger partial charge < -0.3 is 10.5 Å². The number of sulfone groups is 1. The van der Waals surface area contributed by atoms with Crippen LogP contribution in [0, 0.1) is 0 Å². The summed E-state index contributed by atoms with van der Waals surface area (Å²) in [6, 6.07) is 17.8. The number of hydrogen-bond acceptors (Lipinski definition) is 5. The average molecular weight is 367 g/mol. The summed E-state index contributed by atoms with van der Waals surface area (Å²) < 4.78 is 32.2. The highest BCUT2D eigenvalue weighted by Crippen LogP contribution is 2.33. The molecule has 0 saturated heterocycles. The predicted molar refractivity (Wildman–Crippen MR) is 100 cm³/mol. The van der Waals surface area contributed by atoms with Crippen molar-refractivity contribution in [1.29, 1.82) is 0 Å². The van der Waals surface area contributed by atoms with Gasteiger partial charge in [0.25, 0.3) is 0 Å². The zero-order valence-corrected chi connectivity index (χ0v) is 14.7. The van der Waals surface area contributed by atoms with Crippen molar-refractivity contribution in [3.63, 3.8) is 0 Å². The quantitative estimate of drug-likeness (QED) is 0.565. The third-order valence-corrected chi connectivity index (χ3v) is 5.98. The van der Waals surface area contributed by atoms with E-state index in [2.05, 4.69) is 10.2 Å². The number of para-hydroxylation sites is 1. The van der Waals surface area contributed by atoms with Crippen LogP contribution in [-0.2, 0) is 9.84 Å². The van der Waals surface area contributed by atoms with Crippen LogP contribution >= 0.6 is 0 Å². The van der Waals surface area contributed by atoms with Crippen LogP contribution in [0.3, 0.4) is 0 Å². The van der Waals surface area contributed by atoms with E-state index in [4.69, 9.17) is 10.5 Å². The number of ether oxygens (including phenoxy) is 1. The third kappa shape index (κ3) is 2.61. The summed E-state index contributed by atoms with van der Waals surface area (Å²) in [5.74, 6) is 0.503. The maximum absolute atomic E-state index is 13.3. The lowest BCUT2D eigenvalue weighted by atomic mass is 10.1. The van der Waals surface area contributed by atoms with Gasteiger partial charge in [-0.2, -0.15) is 5.10 Å². The van der Waals surface area contributed by atoms with Crippen LogP contribution in [0.4, 0.5) is 0 Å². The fourth-order valence-corrected chi connectivity index (χ4v) is 4.59. The molecular weight excluding hydrogens is 350 g/mol. The van der Waals surface area contributed by atoms with Crippen molar-refractivity contribution < 1.29 is 13.2 Å². The number of benzene rings is 3. The molecule has 26 heavy (non-hydrogen) atoms. The van der Waals surface area contributed by atoms with Crippen LogP contribution in [-0.4, -0.2) is 31.8 Å². The van der Waals surface area contributed by atoms with Gasteiger partial charge in [0.05, 0.1) is 4.90 Å². The van der Waals surface area contributed by atoms with Gasteiger partial charge in [-0.25, -0.2) is 8.42 Å². The van der Waals surface area contributed by atoms with Crippen molar-refractivity contribution in [3.05, 3.63) is 60.7 Å². The highest BCUT2D eigenvalue weighted by atomic mass is 32.2. The summed E-state index contributed by atoms with van der Waals surface area (Å²) in [5, 5.41) is 8.95. The van der Waals surface area contributed by atoms with Gasteiger partial charge >= 0.3 is 0 Å². The first-order chi connectivity index (χ1) is 12.6. The SMILES string of the molecule is NCCOc1cccc2c(S(=O)(=O)c3cccc4ccccc34)[nH]nc12. The number of rotatable bonds is 5. The Labute approximate surface area is 150 Å². The lowest BCUT2D eigenvalue weighted by molar-refractivity contribution is 0.331. The van der Waals surface area contributed by atoms with Gasteiger partial charge in [-0.3, -0.25) is 5.10 Å². The minimum atomic E-state index is -3.78. The molecule has 0 fully saturated rings. The maximum atomic E-state index is 13.3. The topological polar surface area (TPSA) is 98.1 Å². The van der Waals surface area contributed by atoms with E-state index in [9.17, 15) is 8.42 Å². The van der Waals surface area contributed by atoms with Crippen molar-refractivity contribution in [3.8, 4) is 5.75 Å². The Hall–Kier alpha value is -2.90. The average Bonchev–Trinajstić information content (AvgIpc) is 3.11. The normalized spacial score (nSPS) is 11.9. The molecule has 3 aromatic carbocycles. The van der Waals surface area contributed by atoms with Crippen LogP contribution in [0.1, 0.15) is 0 Å². The van der Waals surface area contributed by atoms with Crippen molar-refractivity contribution in [2.24, 2.45) is 5.73 Å². The van der Waals surface area contributed by atoms with Gasteiger partial charge in [-0.15, -0.1) is 0 Å². The van der Waals surface area contributed by atoms with Crippen molar-refractivity contribution in [2.75, 3.05) is 13.2 Å². The smallest absolute Gasteiger partial charge is 0.224 e. The number of nitrogens with zero attached hydrogens (tertiary/aromatic N) is 1. The maximum Gasteiger partial charge on any atom is 0.224 e. The van der Waals surface area contributed by atoms with Gasteiger partial charge in [0.1, 0.15) is 17.9 Å². The Morgan fingerprint density at radius 1 is 0.962 bits per heavy atom. The lowest BCUT2D eigenvalue weighted by Gasteiger charge is -2.08. The molecule has 4 rings (SSSR count). The molecule has 6 nitrogen and oxygen atoms in total. The van der Waals surface area contributed by atoms with Crippen LogP contribution in [0.5, 0.6) is 5.75 Å². The Morgan fingerprint density at radius 2 is 1.69 bits per heavy atom. The van der Waals surface area contributed by atoms with E-state index >= 15 is 0 Å². The second-order valence-electron chi connectivity index (χ2n) is 5.82. The summed E-state index contributed by atoms with van der Waals surface area (Å²) >= 11 is 0. The van der Waals surface area contributed by atoms with Crippen LogP contribution in [0.2, 0.25) is 0 Å². The van der Waals surface area contributed by atoms with Crippen LogP contribution in [0.15, 0.2) is 70.6 Å². The molecule has 0 unspecified atom stereocenters. The molecular formula is C19H17N3O3S. The molecule has 4 aromatic rings. The van der Waals surface area contributed by atoms with E-state index in [1.165, 1.54) is 0 Å². The molecule has 0 saturated carbocycles. The zero-order valence-electron chi connectivity index (χ0n) is 13.8. The van der Waals surface area contributed by atoms with E-state index in [1.54, 1.807) is 36.4 Å². The summed E-state index contributed by atoms with van der Waals surface area (Å²) in [6.07, 6.45) is 0. The predicted octanol–water partition coefficient (Wildman–Crippen LogP) is 2.89. The molecule has 0 aliphatic heterocycles. The molecule has 0 amide bonds. The molecule has 0 aliphatic carbocycles. The fourth-order valence-electron chi connectivity index (χ4n) is 3.02. The van der Waals surface area contributed by atoms with E-state index < -0.39 is 9.84 Å². The number of H-pyrrole nitrogens is 1. The first-order valence-corrected chi connectivity index (χ1v) is 9.64. The second-order valence-corrected chi connectivity index (χ2v) is 7.68. The first-order valence-electron chi connectivity index (χ1n) is 8.16. The highest BCUT2D eigenvalue weighted by Gasteiger charge is 2.25. The van der Waals surface area contributed by atoms with Gasteiger partial charge in [0.15, 0.2) is 5.03 Å². The van der Waals surface area contributed by atoms with Gasteiger partial charge in [-0.1, -0.05) is 42.5 Å². The first kappa shape index (κ1) is 16.6. The van der Waals surface area contributed by atoms with Crippen LogP contribution in [0.25, 0.3) is 21.7 Å². The monoisotopic (exact) mass is 367 g/mol. The van der Waals surface area contributed by atoms with Crippen LogP contribution < -0.4 is 10.5 Å². The molecule has 3 N–H and O–H groups in total. The number of aromatic nitrogens is 2. The number of hydrogen-bond donors (Lipinski definition) is 2. The van der Waals surface area contributed by atoms with Gasteiger partial charge in [-0.05, 0) is 23.6 Å². The largest absolute Gasteiger partial charge is 0.490 e. The number of nitrogens with two attached hydrogens (primary N) is 1. The van der Waals surface area contributed by atoms with E-state index in [0.717, 1.165) is 5.39 Å². The van der Waals surface area contributed by atoms with E-state index in [0.29, 0.717) is 35.2 Å². The Morgan fingerprint density at radius 3 is 2.54 bits per heavy atom. The molecule has 0 spiro atoms. The van der Waals surface area contributed by atoms with Gasteiger partial charge in [0.2, 0.25) is 9.84 Å².